The first-order chi connectivity index (χ1) is 19.3. The molecule has 0 fully saturated rings. The van der Waals surface area contributed by atoms with Gasteiger partial charge in [-0.3, -0.25) is 14.4 Å². The van der Waals surface area contributed by atoms with Gasteiger partial charge < -0.3 is 16.0 Å². The molecule has 0 saturated heterocycles. The molecule has 4 aromatic rings. The van der Waals surface area contributed by atoms with Crippen LogP contribution in [0, 0.1) is 20.8 Å². The fourth-order valence-corrected chi connectivity index (χ4v) is 4.80. The first-order valence-corrected chi connectivity index (χ1v) is 13.8. The normalized spacial score (nSPS) is 11.0. The van der Waals surface area contributed by atoms with Gasteiger partial charge >= 0.3 is 0 Å². The highest BCUT2D eigenvalue weighted by molar-refractivity contribution is 8.00. The van der Waals surface area contributed by atoms with Crippen molar-refractivity contribution in [3.8, 4) is 0 Å². The number of thioether (sulfide) groups is 1. The highest BCUT2D eigenvalue weighted by atomic mass is 32.2. The molecule has 4 aromatic carbocycles. The van der Waals surface area contributed by atoms with Gasteiger partial charge in [0, 0.05) is 21.8 Å². The van der Waals surface area contributed by atoms with Crippen LogP contribution in [-0.2, 0) is 9.59 Å². The molecule has 0 heterocycles. The van der Waals surface area contributed by atoms with Crippen LogP contribution >= 0.6 is 11.8 Å². The van der Waals surface area contributed by atoms with Crippen LogP contribution in [0.3, 0.4) is 0 Å². The Labute approximate surface area is 238 Å². The second-order valence-corrected chi connectivity index (χ2v) is 10.4. The van der Waals surface area contributed by atoms with E-state index < -0.39 is 5.91 Å². The van der Waals surface area contributed by atoms with Crippen LogP contribution in [0.5, 0.6) is 0 Å². The standard InChI is InChI=1S/C33H31N3O3S/c1-22-11-7-8-16-26(22)19-29(35-32(38)25-14-5-4-6-15-25)33(39)34-27-17-10-18-28(20-27)40-21-30(37)36-31-23(2)12-9-13-24(31)3/h4-20H,21H2,1-3H3,(H,34,39)(H,35,38)(H,36,37)/b29-19-. The number of anilines is 2. The molecule has 0 saturated carbocycles. The van der Waals surface area contributed by atoms with Crippen LogP contribution in [0.15, 0.2) is 108 Å². The Morgan fingerprint density at radius 1 is 0.725 bits per heavy atom. The Bertz CT molecular complexity index is 1540. The highest BCUT2D eigenvalue weighted by Crippen LogP contribution is 2.24. The fraction of sp³-hybridized carbons (Fsp3) is 0.121. The van der Waals surface area contributed by atoms with Crippen molar-refractivity contribution in [2.45, 2.75) is 25.7 Å². The van der Waals surface area contributed by atoms with E-state index in [4.69, 9.17) is 0 Å². The Morgan fingerprint density at radius 3 is 2.10 bits per heavy atom. The topological polar surface area (TPSA) is 87.3 Å². The lowest BCUT2D eigenvalue weighted by Crippen LogP contribution is -2.30. The predicted octanol–water partition coefficient (Wildman–Crippen LogP) is 6.75. The van der Waals surface area contributed by atoms with E-state index in [1.165, 1.54) is 11.8 Å². The van der Waals surface area contributed by atoms with Gasteiger partial charge in [0.2, 0.25) is 5.91 Å². The molecule has 0 aliphatic heterocycles. The molecule has 7 heteroatoms. The summed E-state index contributed by atoms with van der Waals surface area (Å²) in [4.78, 5) is 39.7. The lowest BCUT2D eigenvalue weighted by atomic mass is 10.1. The molecule has 0 aliphatic rings. The maximum Gasteiger partial charge on any atom is 0.272 e. The first kappa shape index (κ1) is 28.4. The van der Waals surface area contributed by atoms with Crippen molar-refractivity contribution in [2.24, 2.45) is 0 Å². The Morgan fingerprint density at radius 2 is 1.38 bits per heavy atom. The third-order valence-corrected chi connectivity index (χ3v) is 7.22. The molecule has 4 rings (SSSR count). The van der Waals surface area contributed by atoms with Crippen LogP contribution in [0.25, 0.3) is 6.08 Å². The molecule has 0 bridgehead atoms. The van der Waals surface area contributed by atoms with Gasteiger partial charge in [-0.25, -0.2) is 0 Å². The van der Waals surface area contributed by atoms with Gasteiger partial charge in [-0.1, -0.05) is 66.7 Å². The Hall–Kier alpha value is -4.62. The number of amides is 3. The summed E-state index contributed by atoms with van der Waals surface area (Å²) in [6, 6.07) is 29.5. The summed E-state index contributed by atoms with van der Waals surface area (Å²) < 4.78 is 0. The fourth-order valence-electron chi connectivity index (χ4n) is 4.04. The number of benzene rings is 4. The summed E-state index contributed by atoms with van der Waals surface area (Å²) in [7, 11) is 0. The lowest BCUT2D eigenvalue weighted by Gasteiger charge is -2.13. The van der Waals surface area contributed by atoms with Crippen LogP contribution in [0.1, 0.15) is 32.6 Å². The monoisotopic (exact) mass is 549 g/mol. The van der Waals surface area contributed by atoms with E-state index in [0.29, 0.717) is 11.3 Å². The summed E-state index contributed by atoms with van der Waals surface area (Å²) in [5.41, 5.74) is 5.76. The maximum atomic E-state index is 13.4. The van der Waals surface area contributed by atoms with Gasteiger partial charge in [-0.2, -0.15) is 0 Å². The summed E-state index contributed by atoms with van der Waals surface area (Å²) >= 11 is 1.37. The lowest BCUT2D eigenvalue weighted by molar-refractivity contribution is -0.114. The molecular weight excluding hydrogens is 518 g/mol. The molecule has 40 heavy (non-hydrogen) atoms. The van der Waals surface area contributed by atoms with E-state index in [2.05, 4.69) is 16.0 Å². The zero-order chi connectivity index (χ0) is 28.5. The number of hydrogen-bond acceptors (Lipinski definition) is 4. The average Bonchev–Trinajstić information content (AvgIpc) is 2.95. The van der Waals surface area contributed by atoms with Crippen molar-refractivity contribution >= 4 is 46.9 Å². The van der Waals surface area contributed by atoms with E-state index in [1.54, 1.807) is 42.5 Å². The van der Waals surface area contributed by atoms with Gasteiger partial charge in [0.15, 0.2) is 0 Å². The summed E-state index contributed by atoms with van der Waals surface area (Å²) in [5, 5.41) is 8.65. The van der Waals surface area contributed by atoms with Crippen molar-refractivity contribution in [1.82, 2.24) is 5.32 Å². The number of rotatable bonds is 9. The minimum atomic E-state index is -0.456. The minimum Gasteiger partial charge on any atom is -0.325 e. The van der Waals surface area contributed by atoms with Crippen molar-refractivity contribution in [3.05, 3.63) is 131 Å². The second kappa shape index (κ2) is 13.4. The van der Waals surface area contributed by atoms with E-state index in [1.807, 2.05) is 81.4 Å². The van der Waals surface area contributed by atoms with Crippen molar-refractivity contribution in [1.29, 1.82) is 0 Å². The third-order valence-electron chi connectivity index (χ3n) is 6.22. The van der Waals surface area contributed by atoms with E-state index in [-0.39, 0.29) is 23.3 Å². The van der Waals surface area contributed by atoms with Crippen LogP contribution in [0.2, 0.25) is 0 Å². The average molecular weight is 550 g/mol. The molecule has 0 aliphatic carbocycles. The van der Waals surface area contributed by atoms with Crippen LogP contribution in [0.4, 0.5) is 11.4 Å². The van der Waals surface area contributed by atoms with Crippen molar-refractivity contribution < 1.29 is 14.4 Å². The molecule has 0 unspecified atom stereocenters. The molecule has 0 spiro atoms. The summed E-state index contributed by atoms with van der Waals surface area (Å²) in [6.45, 7) is 5.87. The van der Waals surface area contributed by atoms with Crippen LogP contribution in [-0.4, -0.2) is 23.5 Å². The maximum absolute atomic E-state index is 13.4. The van der Waals surface area contributed by atoms with Gasteiger partial charge in [0.05, 0.1) is 5.75 Å². The molecule has 0 atom stereocenters. The molecule has 3 N–H and O–H groups in total. The van der Waals surface area contributed by atoms with E-state index in [0.717, 1.165) is 32.8 Å². The molecule has 0 radical (unpaired) electrons. The number of carbonyl (C=O) groups excluding carboxylic acids is 3. The molecule has 202 valence electrons. The highest BCUT2D eigenvalue weighted by Gasteiger charge is 2.16. The second-order valence-electron chi connectivity index (χ2n) is 9.32. The number of hydrogen-bond donors (Lipinski definition) is 3. The van der Waals surface area contributed by atoms with E-state index in [9.17, 15) is 14.4 Å². The molecular formula is C33H31N3O3S. The van der Waals surface area contributed by atoms with Gasteiger partial charge in [0.1, 0.15) is 5.70 Å². The third kappa shape index (κ3) is 7.71. The zero-order valence-electron chi connectivity index (χ0n) is 22.7. The van der Waals surface area contributed by atoms with Gasteiger partial charge in [-0.05, 0) is 79.4 Å². The molecule has 0 aromatic heterocycles. The number of para-hydroxylation sites is 1. The summed E-state index contributed by atoms with van der Waals surface area (Å²) in [6.07, 6.45) is 1.67. The molecule has 3 amide bonds. The molecule has 6 nitrogen and oxygen atoms in total. The van der Waals surface area contributed by atoms with Gasteiger partial charge in [-0.15, -0.1) is 11.8 Å². The van der Waals surface area contributed by atoms with E-state index >= 15 is 0 Å². The summed E-state index contributed by atoms with van der Waals surface area (Å²) in [5.74, 6) is -0.724. The first-order valence-electron chi connectivity index (χ1n) is 12.8. The van der Waals surface area contributed by atoms with Crippen molar-refractivity contribution in [3.63, 3.8) is 0 Å². The number of aryl methyl sites for hydroxylation is 3. The van der Waals surface area contributed by atoms with Crippen LogP contribution < -0.4 is 16.0 Å². The Balaban J connectivity index is 1.46. The quantitative estimate of drug-likeness (QED) is 0.159. The minimum absolute atomic E-state index is 0.107. The van der Waals surface area contributed by atoms with Gasteiger partial charge in [0.25, 0.3) is 11.8 Å². The largest absolute Gasteiger partial charge is 0.325 e. The number of nitrogens with one attached hydrogen (secondary N) is 3. The number of carbonyl (C=O) groups is 3. The SMILES string of the molecule is Cc1ccccc1/C=C(\NC(=O)c1ccccc1)C(=O)Nc1cccc(SCC(=O)Nc2c(C)cccc2C)c1. The zero-order valence-corrected chi connectivity index (χ0v) is 23.5. The smallest absolute Gasteiger partial charge is 0.272 e. The van der Waals surface area contributed by atoms with Crippen molar-refractivity contribution in [2.75, 3.05) is 16.4 Å². The Kier molecular flexibility index (Phi) is 9.54. The predicted molar refractivity (Wildman–Crippen MR) is 163 cm³/mol.